The van der Waals surface area contributed by atoms with Gasteiger partial charge in [-0.3, -0.25) is 4.79 Å². The van der Waals surface area contributed by atoms with Crippen molar-refractivity contribution in [2.75, 3.05) is 6.26 Å². The van der Waals surface area contributed by atoms with Crippen LogP contribution in [-0.2, 0) is 11.2 Å². The van der Waals surface area contributed by atoms with Crippen LogP contribution in [0, 0.1) is 0 Å². The van der Waals surface area contributed by atoms with Gasteiger partial charge < -0.3 is 5.73 Å². The Kier molecular flexibility index (Phi) is 2.90. The van der Waals surface area contributed by atoms with E-state index in [4.69, 9.17) is 5.73 Å². The number of nitrogens with two attached hydrogens (primary N) is 1. The van der Waals surface area contributed by atoms with Gasteiger partial charge in [0.05, 0.1) is 16.8 Å². The molecular weight excluding hydrogens is 180 g/mol. The maximum Gasteiger partial charge on any atom is 0.224 e. The van der Waals surface area contributed by atoms with Crippen LogP contribution < -0.4 is 5.73 Å². The van der Waals surface area contributed by atoms with E-state index < -0.39 is 0 Å². The number of hydrogen-bond donors (Lipinski definition) is 1. The van der Waals surface area contributed by atoms with E-state index in [-0.39, 0.29) is 12.3 Å². The molecule has 1 aromatic rings. The Balaban J connectivity index is 2.65. The maximum atomic E-state index is 10.4. The summed E-state index contributed by atoms with van der Waals surface area (Å²) in [5.74, 6) is -0.327. The Labute approximate surface area is 73.0 Å². The molecule has 0 bridgehead atoms. The number of rotatable bonds is 3. The minimum absolute atomic E-state index is 0.255. The van der Waals surface area contributed by atoms with Crippen molar-refractivity contribution in [2.45, 2.75) is 10.6 Å². The molecule has 0 aliphatic carbocycles. The molecule has 1 aromatic heterocycles. The van der Waals surface area contributed by atoms with Crippen molar-refractivity contribution in [3.05, 3.63) is 11.2 Å². The van der Waals surface area contributed by atoms with Crippen LogP contribution in [0.1, 0.15) is 5.01 Å². The molecule has 60 valence electrons. The normalized spacial score (nSPS) is 9.91. The van der Waals surface area contributed by atoms with Gasteiger partial charge in [-0.1, -0.05) is 0 Å². The van der Waals surface area contributed by atoms with Gasteiger partial charge >= 0.3 is 0 Å². The fraction of sp³-hybridized carbons (Fsp3) is 0.333. The second-order valence-corrected chi connectivity index (χ2v) is 4.14. The molecule has 0 atom stereocenters. The van der Waals surface area contributed by atoms with E-state index in [1.165, 1.54) is 11.3 Å². The summed E-state index contributed by atoms with van der Waals surface area (Å²) in [4.78, 5) is 14.5. The van der Waals surface area contributed by atoms with Crippen LogP contribution in [0.3, 0.4) is 0 Å². The van der Waals surface area contributed by atoms with Gasteiger partial charge in [-0.25, -0.2) is 4.98 Å². The van der Waals surface area contributed by atoms with Crippen LogP contribution in [-0.4, -0.2) is 17.1 Å². The first-order chi connectivity index (χ1) is 5.22. The van der Waals surface area contributed by atoms with E-state index >= 15 is 0 Å². The lowest BCUT2D eigenvalue weighted by atomic mass is 10.4. The van der Waals surface area contributed by atoms with Crippen LogP contribution in [0.5, 0.6) is 0 Å². The van der Waals surface area contributed by atoms with E-state index in [9.17, 15) is 4.79 Å². The quantitative estimate of drug-likeness (QED) is 0.717. The van der Waals surface area contributed by atoms with Crippen molar-refractivity contribution >= 4 is 29.0 Å². The molecule has 11 heavy (non-hydrogen) atoms. The fourth-order valence-corrected chi connectivity index (χ4v) is 2.06. The summed E-state index contributed by atoms with van der Waals surface area (Å²) in [6.07, 6.45) is 3.99. The van der Waals surface area contributed by atoms with Crippen LogP contribution in [0.25, 0.3) is 0 Å². The zero-order chi connectivity index (χ0) is 8.27. The second kappa shape index (κ2) is 3.73. The molecule has 1 amide bonds. The Morgan fingerprint density at radius 1 is 1.91 bits per heavy atom. The van der Waals surface area contributed by atoms with Crippen molar-refractivity contribution in [2.24, 2.45) is 5.73 Å². The van der Waals surface area contributed by atoms with E-state index in [0.717, 1.165) is 9.22 Å². The van der Waals surface area contributed by atoms with E-state index in [1.807, 2.05) is 6.26 Å². The first-order valence-corrected chi connectivity index (χ1v) is 5.03. The lowest BCUT2D eigenvalue weighted by Crippen LogP contribution is -2.13. The molecule has 0 spiro atoms. The lowest BCUT2D eigenvalue weighted by molar-refractivity contribution is -0.117. The minimum Gasteiger partial charge on any atom is -0.369 e. The monoisotopic (exact) mass is 188 g/mol. The summed E-state index contributed by atoms with van der Waals surface area (Å²) < 4.78 is 1.11. The number of primary amides is 1. The van der Waals surface area contributed by atoms with Gasteiger partial charge in [0, 0.05) is 0 Å². The third-order valence-corrected chi connectivity index (χ3v) is 3.11. The van der Waals surface area contributed by atoms with Gasteiger partial charge in [-0.05, 0) is 6.26 Å². The van der Waals surface area contributed by atoms with E-state index in [0.29, 0.717) is 0 Å². The highest BCUT2D eigenvalue weighted by Crippen LogP contribution is 2.22. The average Bonchev–Trinajstić information content (AvgIpc) is 2.34. The molecule has 1 heterocycles. The zero-order valence-electron chi connectivity index (χ0n) is 6.03. The summed E-state index contributed by atoms with van der Waals surface area (Å²) in [6, 6.07) is 0. The highest BCUT2D eigenvalue weighted by molar-refractivity contribution is 8.00. The summed E-state index contributed by atoms with van der Waals surface area (Å²) in [5.41, 5.74) is 5.00. The molecule has 0 aliphatic heterocycles. The van der Waals surface area contributed by atoms with Gasteiger partial charge in [0.25, 0.3) is 0 Å². The topological polar surface area (TPSA) is 56.0 Å². The predicted octanol–water partition coefficient (Wildman–Crippen LogP) is 0.893. The molecule has 0 fully saturated rings. The zero-order valence-corrected chi connectivity index (χ0v) is 7.67. The molecule has 0 saturated heterocycles. The van der Waals surface area contributed by atoms with Crippen LogP contribution in [0.2, 0.25) is 0 Å². The van der Waals surface area contributed by atoms with E-state index in [2.05, 4.69) is 4.98 Å². The molecule has 0 radical (unpaired) electrons. The molecule has 0 unspecified atom stereocenters. The maximum absolute atomic E-state index is 10.4. The number of carbonyl (C=O) groups is 1. The minimum atomic E-state index is -0.327. The van der Waals surface area contributed by atoms with Gasteiger partial charge in [0.2, 0.25) is 5.91 Å². The number of hydrogen-bond acceptors (Lipinski definition) is 4. The number of thiazole rings is 1. The van der Waals surface area contributed by atoms with Gasteiger partial charge in [0.15, 0.2) is 0 Å². The standard InChI is InChI=1S/C6H8N2OS2/c1-10-6-3-8-5(11-6)2-4(7)9/h3H,2H2,1H3,(H2,7,9). The van der Waals surface area contributed by atoms with Crippen molar-refractivity contribution in [1.82, 2.24) is 4.98 Å². The highest BCUT2D eigenvalue weighted by Gasteiger charge is 2.03. The molecule has 0 saturated carbocycles. The number of nitrogens with zero attached hydrogens (tertiary/aromatic N) is 1. The number of amides is 1. The number of aromatic nitrogens is 1. The molecule has 2 N–H and O–H groups in total. The summed E-state index contributed by atoms with van der Waals surface area (Å²) in [6.45, 7) is 0. The summed E-state index contributed by atoms with van der Waals surface area (Å²) >= 11 is 3.13. The fourth-order valence-electron chi connectivity index (χ4n) is 0.619. The van der Waals surface area contributed by atoms with Gasteiger partial charge in [0.1, 0.15) is 5.01 Å². The molecule has 5 heteroatoms. The molecular formula is C6H8N2OS2. The molecule has 0 aliphatic rings. The van der Waals surface area contributed by atoms with E-state index in [1.54, 1.807) is 18.0 Å². The summed E-state index contributed by atoms with van der Waals surface area (Å²) in [5, 5.41) is 0.793. The third kappa shape index (κ3) is 2.51. The molecule has 0 aromatic carbocycles. The highest BCUT2D eigenvalue weighted by atomic mass is 32.2. The van der Waals surface area contributed by atoms with Crippen LogP contribution in [0.15, 0.2) is 10.4 Å². The van der Waals surface area contributed by atoms with Gasteiger partial charge in [-0.15, -0.1) is 23.1 Å². The van der Waals surface area contributed by atoms with Gasteiger partial charge in [-0.2, -0.15) is 0 Å². The predicted molar refractivity (Wildman–Crippen MR) is 46.8 cm³/mol. The third-order valence-electron chi connectivity index (χ3n) is 1.06. The first-order valence-electron chi connectivity index (χ1n) is 2.99. The van der Waals surface area contributed by atoms with Crippen molar-refractivity contribution in [3.8, 4) is 0 Å². The number of thioether (sulfide) groups is 1. The van der Waals surface area contributed by atoms with Crippen molar-refractivity contribution in [3.63, 3.8) is 0 Å². The molecule has 1 rings (SSSR count). The largest absolute Gasteiger partial charge is 0.369 e. The Morgan fingerprint density at radius 2 is 2.64 bits per heavy atom. The first kappa shape index (κ1) is 8.55. The lowest BCUT2D eigenvalue weighted by Gasteiger charge is -1.86. The smallest absolute Gasteiger partial charge is 0.224 e. The van der Waals surface area contributed by atoms with Crippen LogP contribution in [0.4, 0.5) is 0 Å². The summed E-state index contributed by atoms with van der Waals surface area (Å²) in [7, 11) is 0. The number of carbonyl (C=O) groups excluding carboxylic acids is 1. The molecule has 3 nitrogen and oxygen atoms in total. The van der Waals surface area contributed by atoms with Crippen molar-refractivity contribution in [1.29, 1.82) is 0 Å². The van der Waals surface area contributed by atoms with Crippen LogP contribution >= 0.6 is 23.1 Å². The Bertz CT molecular complexity index is 259. The second-order valence-electron chi connectivity index (χ2n) is 1.92. The SMILES string of the molecule is CSc1cnc(CC(N)=O)s1. The Hall–Kier alpha value is -0.550. The van der Waals surface area contributed by atoms with Crippen molar-refractivity contribution < 1.29 is 4.79 Å². The Morgan fingerprint density at radius 3 is 3.09 bits per heavy atom. The average molecular weight is 188 g/mol.